The van der Waals surface area contributed by atoms with Crippen LogP contribution in [-0.4, -0.2) is 16.1 Å². The average molecular weight is 285 g/mol. The Morgan fingerprint density at radius 1 is 1.14 bits per heavy atom. The van der Waals surface area contributed by atoms with Gasteiger partial charge in [-0.3, -0.25) is 4.79 Å². The number of nitrogens with one attached hydrogen (secondary N) is 1. The number of hydrogen-bond donors (Lipinski definition) is 3. The fourth-order valence-electron chi connectivity index (χ4n) is 2.23. The molecule has 0 bridgehead atoms. The smallest absolute Gasteiger partial charge is 0.259 e. The van der Waals surface area contributed by atoms with Gasteiger partial charge in [0.2, 0.25) is 0 Å². The fraction of sp³-hybridized carbons (Fsp3) is 0.235. The highest BCUT2D eigenvalue weighted by Crippen LogP contribution is 2.29. The summed E-state index contributed by atoms with van der Waals surface area (Å²) in [6.07, 6.45) is 0. The first-order chi connectivity index (χ1) is 9.90. The van der Waals surface area contributed by atoms with Crippen LogP contribution >= 0.6 is 0 Å². The summed E-state index contributed by atoms with van der Waals surface area (Å²) in [6, 6.07) is 9.72. The van der Waals surface area contributed by atoms with Crippen LogP contribution in [0.1, 0.15) is 41.3 Å². The van der Waals surface area contributed by atoms with E-state index < -0.39 is 5.91 Å². The molecule has 110 valence electrons. The molecule has 3 N–H and O–H groups in total. The van der Waals surface area contributed by atoms with Crippen LogP contribution in [0.5, 0.6) is 11.5 Å². The molecule has 0 aliphatic heterocycles. The molecule has 4 heteroatoms. The van der Waals surface area contributed by atoms with E-state index in [9.17, 15) is 15.0 Å². The van der Waals surface area contributed by atoms with Crippen LogP contribution in [0.15, 0.2) is 36.4 Å². The van der Waals surface area contributed by atoms with Crippen molar-refractivity contribution in [2.24, 2.45) is 0 Å². The molecule has 0 saturated heterocycles. The minimum absolute atomic E-state index is 0.0490. The van der Waals surface area contributed by atoms with Gasteiger partial charge in [-0.2, -0.15) is 0 Å². The maximum absolute atomic E-state index is 12.3. The predicted octanol–water partition coefficient (Wildman–Crippen LogP) is 3.78. The lowest BCUT2D eigenvalue weighted by atomic mass is 9.98. The number of aromatic hydroxyl groups is 2. The molecule has 0 fully saturated rings. The van der Waals surface area contributed by atoms with Gasteiger partial charge in [0.1, 0.15) is 11.5 Å². The van der Waals surface area contributed by atoms with Gasteiger partial charge in [-0.1, -0.05) is 32.0 Å². The Labute approximate surface area is 124 Å². The zero-order chi connectivity index (χ0) is 15.6. The first-order valence-corrected chi connectivity index (χ1v) is 6.83. The lowest BCUT2D eigenvalue weighted by Crippen LogP contribution is -2.15. The van der Waals surface area contributed by atoms with Gasteiger partial charge in [0.05, 0.1) is 5.56 Å². The number of amides is 1. The Balaban J connectivity index is 2.38. The molecule has 2 aromatic carbocycles. The number of para-hydroxylation sites is 1. The van der Waals surface area contributed by atoms with Crippen molar-refractivity contribution in [1.29, 1.82) is 0 Å². The molecule has 0 saturated carbocycles. The van der Waals surface area contributed by atoms with E-state index in [0.717, 1.165) is 16.8 Å². The minimum atomic E-state index is -0.445. The summed E-state index contributed by atoms with van der Waals surface area (Å²) in [7, 11) is 0. The van der Waals surface area contributed by atoms with Crippen LogP contribution in [-0.2, 0) is 0 Å². The van der Waals surface area contributed by atoms with Crippen molar-refractivity contribution >= 4 is 11.6 Å². The van der Waals surface area contributed by atoms with Crippen LogP contribution in [0.3, 0.4) is 0 Å². The average Bonchev–Trinajstić information content (AvgIpc) is 2.43. The van der Waals surface area contributed by atoms with Crippen LogP contribution in [0, 0.1) is 6.92 Å². The van der Waals surface area contributed by atoms with E-state index >= 15 is 0 Å². The highest BCUT2D eigenvalue weighted by atomic mass is 16.3. The molecule has 0 aliphatic rings. The second-order valence-corrected chi connectivity index (χ2v) is 5.35. The van der Waals surface area contributed by atoms with Crippen LogP contribution in [0.4, 0.5) is 5.69 Å². The van der Waals surface area contributed by atoms with E-state index in [4.69, 9.17) is 0 Å². The molecule has 0 heterocycles. The number of anilines is 1. The lowest BCUT2D eigenvalue weighted by Gasteiger charge is -2.16. The van der Waals surface area contributed by atoms with E-state index in [1.807, 2.05) is 25.1 Å². The Morgan fingerprint density at radius 3 is 2.52 bits per heavy atom. The van der Waals surface area contributed by atoms with Crippen LogP contribution < -0.4 is 5.32 Å². The standard InChI is InChI=1S/C17H19NO3/c1-10(2)13-6-4-5-11(3)16(13)18-17(21)14-9-12(19)7-8-15(14)20/h4-10,19-20H,1-3H3,(H,18,21). The van der Waals surface area contributed by atoms with E-state index in [1.165, 1.54) is 18.2 Å². The summed E-state index contributed by atoms with van der Waals surface area (Å²) in [4.78, 5) is 12.3. The second-order valence-electron chi connectivity index (χ2n) is 5.35. The van der Waals surface area contributed by atoms with Crippen molar-refractivity contribution in [2.75, 3.05) is 5.32 Å². The number of benzene rings is 2. The largest absolute Gasteiger partial charge is 0.508 e. The molecule has 0 unspecified atom stereocenters. The van der Waals surface area contributed by atoms with Crippen molar-refractivity contribution < 1.29 is 15.0 Å². The SMILES string of the molecule is Cc1cccc(C(C)C)c1NC(=O)c1cc(O)ccc1O. The monoisotopic (exact) mass is 285 g/mol. The number of hydrogen-bond acceptors (Lipinski definition) is 3. The lowest BCUT2D eigenvalue weighted by molar-refractivity contribution is 0.102. The maximum atomic E-state index is 12.3. The van der Waals surface area contributed by atoms with Gasteiger partial charge in [0, 0.05) is 5.69 Å². The zero-order valence-electron chi connectivity index (χ0n) is 12.3. The third-order valence-corrected chi connectivity index (χ3v) is 3.39. The first-order valence-electron chi connectivity index (χ1n) is 6.83. The minimum Gasteiger partial charge on any atom is -0.508 e. The third-order valence-electron chi connectivity index (χ3n) is 3.39. The molecule has 2 rings (SSSR count). The van der Waals surface area contributed by atoms with Crippen LogP contribution in [0.25, 0.3) is 0 Å². The Kier molecular flexibility index (Phi) is 4.17. The van der Waals surface area contributed by atoms with E-state index in [-0.39, 0.29) is 23.0 Å². The number of phenolic OH excluding ortho intramolecular Hbond substituents is 2. The van der Waals surface area contributed by atoms with E-state index in [2.05, 4.69) is 19.2 Å². The van der Waals surface area contributed by atoms with Gasteiger partial charge < -0.3 is 15.5 Å². The topological polar surface area (TPSA) is 69.6 Å². The molecule has 1 amide bonds. The summed E-state index contributed by atoms with van der Waals surface area (Å²) in [6.45, 7) is 6.02. The number of carbonyl (C=O) groups excluding carboxylic acids is 1. The molecule has 2 aromatic rings. The number of aryl methyl sites for hydroxylation is 1. The van der Waals surface area contributed by atoms with Crippen molar-refractivity contribution in [3.63, 3.8) is 0 Å². The number of phenols is 2. The Hall–Kier alpha value is -2.49. The molecule has 21 heavy (non-hydrogen) atoms. The molecule has 4 nitrogen and oxygen atoms in total. The van der Waals surface area contributed by atoms with Crippen LogP contribution in [0.2, 0.25) is 0 Å². The number of rotatable bonds is 3. The Morgan fingerprint density at radius 2 is 1.86 bits per heavy atom. The number of carbonyl (C=O) groups is 1. The summed E-state index contributed by atoms with van der Waals surface area (Å²) in [5.74, 6) is -0.408. The van der Waals surface area contributed by atoms with Crippen molar-refractivity contribution in [3.05, 3.63) is 53.1 Å². The molecular weight excluding hydrogens is 266 g/mol. The Bertz CT molecular complexity index is 678. The van der Waals surface area contributed by atoms with Gasteiger partial charge in [0.15, 0.2) is 0 Å². The summed E-state index contributed by atoms with van der Waals surface area (Å²) < 4.78 is 0. The highest BCUT2D eigenvalue weighted by Gasteiger charge is 2.16. The maximum Gasteiger partial charge on any atom is 0.259 e. The molecular formula is C17H19NO3. The summed E-state index contributed by atoms with van der Waals surface area (Å²) in [5, 5.41) is 22.1. The summed E-state index contributed by atoms with van der Waals surface area (Å²) >= 11 is 0. The molecule has 0 radical (unpaired) electrons. The highest BCUT2D eigenvalue weighted by molar-refractivity contribution is 6.07. The van der Waals surface area contributed by atoms with Gasteiger partial charge in [-0.05, 0) is 42.2 Å². The van der Waals surface area contributed by atoms with Crippen molar-refractivity contribution in [1.82, 2.24) is 0 Å². The first kappa shape index (κ1) is 14.9. The normalized spacial score (nSPS) is 10.7. The molecule has 0 atom stereocenters. The quantitative estimate of drug-likeness (QED) is 0.752. The van der Waals surface area contributed by atoms with Gasteiger partial charge in [0.25, 0.3) is 5.91 Å². The van der Waals surface area contributed by atoms with Gasteiger partial charge >= 0.3 is 0 Å². The molecule has 0 aromatic heterocycles. The zero-order valence-corrected chi connectivity index (χ0v) is 12.3. The van der Waals surface area contributed by atoms with Crippen molar-refractivity contribution in [2.45, 2.75) is 26.7 Å². The second kappa shape index (κ2) is 5.87. The molecule has 0 aliphatic carbocycles. The van der Waals surface area contributed by atoms with Gasteiger partial charge in [-0.15, -0.1) is 0 Å². The molecule has 0 spiro atoms. The van der Waals surface area contributed by atoms with Gasteiger partial charge in [-0.25, -0.2) is 0 Å². The third kappa shape index (κ3) is 3.16. The van der Waals surface area contributed by atoms with E-state index in [1.54, 1.807) is 0 Å². The predicted molar refractivity (Wildman–Crippen MR) is 83.0 cm³/mol. The van der Waals surface area contributed by atoms with Crippen molar-refractivity contribution in [3.8, 4) is 11.5 Å². The summed E-state index contributed by atoms with van der Waals surface area (Å²) in [5.41, 5.74) is 2.78. The fourth-order valence-corrected chi connectivity index (χ4v) is 2.23. The van der Waals surface area contributed by atoms with E-state index in [0.29, 0.717) is 0 Å².